The van der Waals surface area contributed by atoms with Crippen molar-refractivity contribution in [2.45, 2.75) is 13.5 Å². The molecule has 0 unspecified atom stereocenters. The standard InChI is InChI=1S/C19H14BrN5O2/c1-12-16(9-21)18(26)25(11-13-3-2-8-22-10-13)19(27)17(12)24-23-15-6-4-14(20)5-7-15/h2-8,10,26H,11H2,1H3. The molecule has 2 heterocycles. The van der Waals surface area contributed by atoms with E-state index >= 15 is 0 Å². The highest BCUT2D eigenvalue weighted by molar-refractivity contribution is 9.10. The van der Waals surface area contributed by atoms with Crippen molar-refractivity contribution in [2.24, 2.45) is 10.2 Å². The van der Waals surface area contributed by atoms with Gasteiger partial charge in [0.05, 0.1) is 12.2 Å². The fourth-order valence-corrected chi connectivity index (χ4v) is 2.76. The van der Waals surface area contributed by atoms with Crippen LogP contribution in [-0.2, 0) is 6.54 Å². The van der Waals surface area contributed by atoms with Crippen molar-refractivity contribution in [2.75, 3.05) is 0 Å². The van der Waals surface area contributed by atoms with E-state index in [1.54, 1.807) is 55.7 Å². The summed E-state index contributed by atoms with van der Waals surface area (Å²) in [5, 5.41) is 27.9. The smallest absolute Gasteiger partial charge is 0.281 e. The zero-order chi connectivity index (χ0) is 19.4. The molecule has 0 aliphatic heterocycles. The average Bonchev–Trinajstić information content (AvgIpc) is 2.68. The first kappa shape index (κ1) is 18.5. The summed E-state index contributed by atoms with van der Waals surface area (Å²) in [6.45, 7) is 1.62. The molecule has 0 saturated carbocycles. The second kappa shape index (κ2) is 7.93. The van der Waals surface area contributed by atoms with Crippen LogP contribution in [0.25, 0.3) is 0 Å². The number of benzene rings is 1. The highest BCUT2D eigenvalue weighted by Gasteiger charge is 2.19. The van der Waals surface area contributed by atoms with Gasteiger partial charge in [-0.1, -0.05) is 22.0 Å². The van der Waals surface area contributed by atoms with Gasteiger partial charge < -0.3 is 5.11 Å². The first-order valence-corrected chi connectivity index (χ1v) is 8.73. The molecule has 0 fully saturated rings. The number of hydrogen-bond donors (Lipinski definition) is 1. The van der Waals surface area contributed by atoms with Gasteiger partial charge in [-0.25, -0.2) is 0 Å². The fourth-order valence-electron chi connectivity index (χ4n) is 2.49. The fraction of sp³-hybridized carbons (Fsp3) is 0.105. The molecule has 7 nitrogen and oxygen atoms in total. The molecule has 0 atom stereocenters. The Kier molecular flexibility index (Phi) is 5.43. The van der Waals surface area contributed by atoms with Gasteiger partial charge in [0.15, 0.2) is 5.69 Å². The Labute approximate surface area is 163 Å². The normalized spacial score (nSPS) is 10.9. The molecule has 3 rings (SSSR count). The largest absolute Gasteiger partial charge is 0.493 e. The molecular weight excluding hydrogens is 410 g/mol. The summed E-state index contributed by atoms with van der Waals surface area (Å²) in [7, 11) is 0. The van der Waals surface area contributed by atoms with Crippen LogP contribution in [0.5, 0.6) is 5.88 Å². The van der Waals surface area contributed by atoms with E-state index in [1.165, 1.54) is 0 Å². The number of nitrogens with zero attached hydrogens (tertiary/aromatic N) is 5. The molecule has 2 aromatic heterocycles. The summed E-state index contributed by atoms with van der Waals surface area (Å²) in [4.78, 5) is 16.9. The van der Waals surface area contributed by atoms with E-state index in [2.05, 4.69) is 31.1 Å². The van der Waals surface area contributed by atoms with E-state index in [0.717, 1.165) is 9.04 Å². The van der Waals surface area contributed by atoms with Crippen LogP contribution in [0.1, 0.15) is 16.7 Å². The van der Waals surface area contributed by atoms with Gasteiger partial charge in [-0.15, -0.1) is 5.11 Å². The van der Waals surface area contributed by atoms with Crippen molar-refractivity contribution in [3.8, 4) is 11.9 Å². The van der Waals surface area contributed by atoms with Gasteiger partial charge in [0.2, 0.25) is 5.88 Å². The highest BCUT2D eigenvalue weighted by atomic mass is 79.9. The van der Waals surface area contributed by atoms with Crippen molar-refractivity contribution in [1.29, 1.82) is 5.26 Å². The maximum absolute atomic E-state index is 12.9. The molecule has 1 N–H and O–H groups in total. The summed E-state index contributed by atoms with van der Waals surface area (Å²) in [6.07, 6.45) is 3.20. The Balaban J connectivity index is 2.10. The SMILES string of the molecule is Cc1c(C#N)c(O)n(Cc2cccnc2)c(=O)c1N=Nc1ccc(Br)cc1. The van der Waals surface area contributed by atoms with E-state index in [1.807, 2.05) is 6.07 Å². The quantitative estimate of drug-likeness (QED) is 0.629. The van der Waals surface area contributed by atoms with E-state index < -0.39 is 11.4 Å². The molecule has 0 spiro atoms. The van der Waals surface area contributed by atoms with Gasteiger partial charge in [-0.3, -0.25) is 14.3 Å². The number of hydrogen-bond acceptors (Lipinski definition) is 6. The third-order valence-corrected chi connectivity index (χ3v) is 4.45. The molecule has 3 aromatic rings. The molecule has 0 amide bonds. The summed E-state index contributed by atoms with van der Waals surface area (Å²) in [5.74, 6) is -0.397. The number of pyridine rings is 2. The first-order valence-electron chi connectivity index (χ1n) is 7.94. The predicted molar refractivity (Wildman–Crippen MR) is 103 cm³/mol. The van der Waals surface area contributed by atoms with Crippen LogP contribution in [0.15, 0.2) is 68.3 Å². The third-order valence-electron chi connectivity index (χ3n) is 3.92. The number of halogens is 1. The number of nitriles is 1. The lowest BCUT2D eigenvalue weighted by atomic mass is 10.1. The minimum absolute atomic E-state index is 0.0103. The summed E-state index contributed by atoms with van der Waals surface area (Å²) < 4.78 is 1.99. The number of azo groups is 1. The van der Waals surface area contributed by atoms with Crippen LogP contribution in [0.2, 0.25) is 0 Å². The van der Waals surface area contributed by atoms with E-state index in [4.69, 9.17) is 0 Å². The van der Waals surface area contributed by atoms with Crippen molar-refractivity contribution < 1.29 is 5.11 Å². The average molecular weight is 424 g/mol. The van der Waals surface area contributed by atoms with Crippen LogP contribution >= 0.6 is 15.9 Å². The van der Waals surface area contributed by atoms with Crippen LogP contribution < -0.4 is 5.56 Å². The predicted octanol–water partition coefficient (Wildman–Crippen LogP) is 4.36. The number of aromatic nitrogens is 2. The second-order valence-corrected chi connectivity index (χ2v) is 6.63. The summed E-state index contributed by atoms with van der Waals surface area (Å²) in [6, 6.07) is 12.5. The van der Waals surface area contributed by atoms with Gasteiger partial charge in [0.1, 0.15) is 11.6 Å². The van der Waals surface area contributed by atoms with Crippen molar-refractivity contribution in [3.63, 3.8) is 0 Å². The molecular formula is C19H14BrN5O2. The molecule has 0 bridgehead atoms. The molecule has 8 heteroatoms. The van der Waals surface area contributed by atoms with E-state index in [-0.39, 0.29) is 23.4 Å². The van der Waals surface area contributed by atoms with E-state index in [9.17, 15) is 15.2 Å². The van der Waals surface area contributed by atoms with Gasteiger partial charge >= 0.3 is 0 Å². The summed E-state index contributed by atoms with van der Waals surface area (Å²) in [5.41, 5.74) is 1.01. The minimum Gasteiger partial charge on any atom is -0.493 e. The molecule has 1 aromatic carbocycles. The van der Waals surface area contributed by atoms with Gasteiger partial charge in [-0.05, 0) is 42.8 Å². The van der Waals surface area contributed by atoms with E-state index in [0.29, 0.717) is 11.3 Å². The number of aromatic hydroxyl groups is 1. The number of rotatable bonds is 4. The van der Waals surface area contributed by atoms with Gasteiger partial charge in [0, 0.05) is 22.4 Å². The van der Waals surface area contributed by atoms with Crippen molar-refractivity contribution in [3.05, 3.63) is 80.3 Å². The molecule has 27 heavy (non-hydrogen) atoms. The minimum atomic E-state index is -0.534. The van der Waals surface area contributed by atoms with Crippen LogP contribution in [0.4, 0.5) is 11.4 Å². The topological polar surface area (TPSA) is 104 Å². The Hall–Kier alpha value is -3.31. The van der Waals surface area contributed by atoms with Crippen LogP contribution in [-0.4, -0.2) is 14.7 Å². The first-order chi connectivity index (χ1) is 13.0. The molecule has 0 aliphatic rings. The van der Waals surface area contributed by atoms with Crippen LogP contribution in [0, 0.1) is 18.3 Å². The molecule has 0 saturated heterocycles. The lowest BCUT2D eigenvalue weighted by molar-refractivity contribution is 0.412. The lowest BCUT2D eigenvalue weighted by Crippen LogP contribution is -2.22. The zero-order valence-electron chi connectivity index (χ0n) is 14.3. The lowest BCUT2D eigenvalue weighted by Gasteiger charge is -2.12. The van der Waals surface area contributed by atoms with Crippen LogP contribution in [0.3, 0.4) is 0 Å². The molecule has 0 aliphatic carbocycles. The Morgan fingerprint density at radius 2 is 2.00 bits per heavy atom. The second-order valence-electron chi connectivity index (χ2n) is 5.71. The Morgan fingerprint density at radius 1 is 1.26 bits per heavy atom. The zero-order valence-corrected chi connectivity index (χ0v) is 15.9. The summed E-state index contributed by atoms with van der Waals surface area (Å²) >= 11 is 3.34. The monoisotopic (exact) mass is 423 g/mol. The highest BCUT2D eigenvalue weighted by Crippen LogP contribution is 2.27. The Bertz CT molecular complexity index is 1100. The van der Waals surface area contributed by atoms with Gasteiger partial charge in [-0.2, -0.15) is 10.4 Å². The Morgan fingerprint density at radius 3 is 2.63 bits per heavy atom. The maximum atomic E-state index is 12.9. The third kappa shape index (κ3) is 3.93. The van der Waals surface area contributed by atoms with Gasteiger partial charge in [0.25, 0.3) is 5.56 Å². The van der Waals surface area contributed by atoms with Crippen molar-refractivity contribution >= 4 is 27.3 Å². The van der Waals surface area contributed by atoms with Crippen molar-refractivity contribution in [1.82, 2.24) is 9.55 Å². The molecule has 0 radical (unpaired) electrons. The maximum Gasteiger partial charge on any atom is 0.281 e. The molecule has 134 valence electrons.